The van der Waals surface area contributed by atoms with Crippen molar-refractivity contribution < 1.29 is 24.3 Å². The molecule has 0 spiro atoms. The number of hydrogen-bond acceptors (Lipinski definition) is 7. The molecule has 1 unspecified atom stereocenters. The third-order valence-electron chi connectivity index (χ3n) is 5.30. The van der Waals surface area contributed by atoms with E-state index in [0.717, 1.165) is 22.5 Å². The van der Waals surface area contributed by atoms with E-state index in [0.29, 0.717) is 17.1 Å². The number of carboxylic acid groups (broad SMARTS) is 1. The van der Waals surface area contributed by atoms with Gasteiger partial charge in [-0.25, -0.2) is 5.43 Å². The van der Waals surface area contributed by atoms with E-state index in [4.69, 9.17) is 5.11 Å². The van der Waals surface area contributed by atoms with E-state index in [1.54, 1.807) is 13.8 Å². The molecule has 3 amide bonds. The molecule has 3 rings (SSSR count). The zero-order chi connectivity index (χ0) is 25.0. The van der Waals surface area contributed by atoms with E-state index < -0.39 is 23.7 Å². The number of amides is 3. The lowest BCUT2D eigenvalue weighted by atomic mass is 9.99. The molecule has 1 aliphatic rings. The molecular formula is C23H25N5O5S. The molecular weight excluding hydrogens is 458 g/mol. The van der Waals surface area contributed by atoms with Crippen LogP contribution in [0.4, 0.5) is 5.69 Å². The summed E-state index contributed by atoms with van der Waals surface area (Å²) in [7, 11) is 0. The van der Waals surface area contributed by atoms with Gasteiger partial charge in [-0.3, -0.25) is 19.2 Å². The quantitative estimate of drug-likeness (QED) is 0.391. The van der Waals surface area contributed by atoms with Crippen molar-refractivity contribution in [3.05, 3.63) is 51.2 Å². The molecule has 0 saturated heterocycles. The summed E-state index contributed by atoms with van der Waals surface area (Å²) in [6, 6.07) is 8.61. The topological polar surface area (TPSA) is 141 Å². The highest BCUT2D eigenvalue weighted by atomic mass is 32.1. The van der Waals surface area contributed by atoms with Gasteiger partial charge in [-0.05, 0) is 63.1 Å². The summed E-state index contributed by atoms with van der Waals surface area (Å²) in [5.41, 5.74) is 6.20. The Morgan fingerprint density at radius 1 is 1.09 bits per heavy atom. The molecule has 178 valence electrons. The summed E-state index contributed by atoms with van der Waals surface area (Å²) in [4.78, 5) is 48.6. The van der Waals surface area contributed by atoms with Crippen LogP contribution in [0.25, 0.3) is 0 Å². The SMILES string of the molecule is CC1=NN(c2ccc(C)c(C)c2)C(=O)C1/C(C)=N/NC(=O)c1ccc(C(=O)NCCC(=O)O)s1. The Hall–Kier alpha value is -3.86. The summed E-state index contributed by atoms with van der Waals surface area (Å²) in [6.45, 7) is 7.32. The number of thiophene rings is 1. The van der Waals surface area contributed by atoms with Crippen LogP contribution in [0.2, 0.25) is 0 Å². The monoisotopic (exact) mass is 483 g/mol. The van der Waals surface area contributed by atoms with Crippen molar-refractivity contribution in [3.8, 4) is 0 Å². The fraction of sp³-hybridized carbons (Fsp3) is 0.304. The van der Waals surface area contributed by atoms with Gasteiger partial charge in [0.05, 0.1) is 33.3 Å². The zero-order valence-electron chi connectivity index (χ0n) is 19.2. The van der Waals surface area contributed by atoms with Crippen molar-refractivity contribution in [2.24, 2.45) is 16.1 Å². The van der Waals surface area contributed by atoms with Crippen LogP contribution >= 0.6 is 11.3 Å². The normalized spacial score (nSPS) is 15.8. The first-order valence-corrected chi connectivity index (χ1v) is 11.3. The number of hydrazone groups is 2. The number of anilines is 1. The number of aliphatic carboxylic acids is 1. The Kier molecular flexibility index (Phi) is 7.57. The first kappa shape index (κ1) is 24.8. The van der Waals surface area contributed by atoms with Crippen LogP contribution in [-0.2, 0) is 9.59 Å². The number of aryl methyl sites for hydroxylation is 2. The van der Waals surface area contributed by atoms with Crippen molar-refractivity contribution in [3.63, 3.8) is 0 Å². The van der Waals surface area contributed by atoms with Crippen LogP contribution in [0.5, 0.6) is 0 Å². The fourth-order valence-electron chi connectivity index (χ4n) is 3.30. The van der Waals surface area contributed by atoms with E-state index in [-0.39, 0.29) is 28.6 Å². The molecule has 2 aromatic rings. The van der Waals surface area contributed by atoms with Crippen LogP contribution in [0.3, 0.4) is 0 Å². The summed E-state index contributed by atoms with van der Waals surface area (Å²) >= 11 is 0.953. The Balaban J connectivity index is 1.64. The van der Waals surface area contributed by atoms with Crippen LogP contribution in [0.1, 0.15) is 50.7 Å². The van der Waals surface area contributed by atoms with Crippen molar-refractivity contribution in [1.29, 1.82) is 0 Å². The average molecular weight is 484 g/mol. The minimum atomic E-state index is -1.02. The van der Waals surface area contributed by atoms with Gasteiger partial charge in [-0.2, -0.15) is 15.2 Å². The van der Waals surface area contributed by atoms with Crippen LogP contribution < -0.4 is 15.8 Å². The molecule has 0 fully saturated rings. The molecule has 10 nitrogen and oxygen atoms in total. The van der Waals surface area contributed by atoms with Crippen LogP contribution in [0, 0.1) is 19.8 Å². The number of nitrogens with one attached hydrogen (secondary N) is 2. The highest BCUT2D eigenvalue weighted by Gasteiger charge is 2.36. The second kappa shape index (κ2) is 10.4. The molecule has 0 radical (unpaired) electrons. The summed E-state index contributed by atoms with van der Waals surface area (Å²) < 4.78 is 0. The minimum absolute atomic E-state index is 0.00736. The number of rotatable bonds is 8. The van der Waals surface area contributed by atoms with Gasteiger partial charge in [-0.15, -0.1) is 11.3 Å². The maximum absolute atomic E-state index is 13.0. The van der Waals surface area contributed by atoms with Crippen molar-refractivity contribution in [2.75, 3.05) is 11.6 Å². The number of carboxylic acids is 1. The summed E-state index contributed by atoms with van der Waals surface area (Å²) in [6.07, 6.45) is -0.192. The first-order chi connectivity index (χ1) is 16.1. The molecule has 1 aliphatic heterocycles. The second-order valence-electron chi connectivity index (χ2n) is 7.85. The summed E-state index contributed by atoms with van der Waals surface area (Å²) in [5.74, 6) is -2.95. The average Bonchev–Trinajstić information content (AvgIpc) is 3.38. The number of carbonyl (C=O) groups is 4. The lowest BCUT2D eigenvalue weighted by Crippen LogP contribution is -2.33. The Bertz CT molecular complexity index is 1220. The van der Waals surface area contributed by atoms with Gasteiger partial charge in [0.25, 0.3) is 17.7 Å². The van der Waals surface area contributed by atoms with Gasteiger partial charge < -0.3 is 10.4 Å². The molecule has 0 saturated carbocycles. The zero-order valence-corrected chi connectivity index (χ0v) is 20.0. The second-order valence-corrected chi connectivity index (χ2v) is 8.93. The number of nitrogens with zero attached hydrogens (tertiary/aromatic N) is 3. The Morgan fingerprint density at radius 2 is 1.76 bits per heavy atom. The van der Waals surface area contributed by atoms with Gasteiger partial charge in [0.1, 0.15) is 5.92 Å². The molecule has 1 aromatic carbocycles. The van der Waals surface area contributed by atoms with E-state index in [1.807, 2.05) is 32.0 Å². The number of carbonyl (C=O) groups excluding carboxylic acids is 3. The third kappa shape index (κ3) is 5.54. The van der Waals surface area contributed by atoms with Crippen LogP contribution in [-0.4, -0.2) is 46.8 Å². The molecule has 11 heteroatoms. The highest BCUT2D eigenvalue weighted by molar-refractivity contribution is 7.15. The van der Waals surface area contributed by atoms with E-state index in [1.165, 1.54) is 17.1 Å². The van der Waals surface area contributed by atoms with Crippen molar-refractivity contribution >= 4 is 52.1 Å². The molecule has 0 aliphatic carbocycles. The Labute approximate surface area is 200 Å². The predicted octanol–water partition coefficient (Wildman–Crippen LogP) is 2.71. The smallest absolute Gasteiger partial charge is 0.305 e. The number of hydrogen-bond donors (Lipinski definition) is 3. The maximum atomic E-state index is 13.0. The van der Waals surface area contributed by atoms with Gasteiger partial charge >= 0.3 is 5.97 Å². The lowest BCUT2D eigenvalue weighted by Gasteiger charge is -2.15. The summed E-state index contributed by atoms with van der Waals surface area (Å²) in [5, 5.41) is 20.9. The van der Waals surface area contributed by atoms with Crippen LogP contribution in [0.15, 0.2) is 40.5 Å². The fourth-order valence-corrected chi connectivity index (χ4v) is 4.11. The van der Waals surface area contributed by atoms with Gasteiger partial charge in [0.2, 0.25) is 0 Å². The van der Waals surface area contributed by atoms with Gasteiger partial charge in [-0.1, -0.05) is 6.07 Å². The standard InChI is InChI=1S/C23H25N5O5S/c1-12-5-6-16(11-13(12)2)28-23(33)20(15(4)27-28)14(3)25-26-22(32)18-8-7-17(34-18)21(31)24-10-9-19(29)30/h5-8,11,20H,9-10H2,1-4H3,(H,24,31)(H,26,32)(H,29,30)/b25-14+. The lowest BCUT2D eigenvalue weighted by molar-refractivity contribution is -0.136. The minimum Gasteiger partial charge on any atom is -0.481 e. The largest absolute Gasteiger partial charge is 0.481 e. The van der Waals surface area contributed by atoms with Crippen molar-refractivity contribution in [1.82, 2.24) is 10.7 Å². The number of benzene rings is 1. The molecule has 1 aromatic heterocycles. The highest BCUT2D eigenvalue weighted by Crippen LogP contribution is 2.26. The molecule has 3 N–H and O–H groups in total. The van der Waals surface area contributed by atoms with E-state index in [9.17, 15) is 19.2 Å². The van der Waals surface area contributed by atoms with E-state index in [2.05, 4.69) is 20.9 Å². The first-order valence-electron chi connectivity index (χ1n) is 10.5. The van der Waals surface area contributed by atoms with Crippen molar-refractivity contribution in [2.45, 2.75) is 34.1 Å². The van der Waals surface area contributed by atoms with Gasteiger partial charge in [0, 0.05) is 6.54 Å². The Morgan fingerprint density at radius 3 is 2.41 bits per heavy atom. The predicted molar refractivity (Wildman–Crippen MR) is 129 cm³/mol. The molecule has 1 atom stereocenters. The third-order valence-corrected chi connectivity index (χ3v) is 6.38. The van der Waals surface area contributed by atoms with E-state index >= 15 is 0 Å². The maximum Gasteiger partial charge on any atom is 0.305 e. The van der Waals surface area contributed by atoms with Gasteiger partial charge in [0.15, 0.2) is 0 Å². The molecule has 2 heterocycles. The molecule has 34 heavy (non-hydrogen) atoms. The molecule has 0 bridgehead atoms.